The van der Waals surface area contributed by atoms with E-state index >= 15 is 0 Å². The topological polar surface area (TPSA) is 15.3 Å². The van der Waals surface area contributed by atoms with E-state index in [2.05, 4.69) is 67.2 Å². The van der Waals surface area contributed by atoms with Gasteiger partial charge in [-0.1, -0.05) is 56.5 Å². The first kappa shape index (κ1) is 16.1. The Balaban J connectivity index is 2.24. The van der Waals surface area contributed by atoms with Gasteiger partial charge in [0.2, 0.25) is 0 Å². The van der Waals surface area contributed by atoms with Crippen LogP contribution in [0.15, 0.2) is 30.3 Å². The molecule has 0 aliphatic carbocycles. The highest BCUT2D eigenvalue weighted by Crippen LogP contribution is 2.29. The lowest BCUT2D eigenvalue weighted by Crippen LogP contribution is -2.63. The molecule has 3 unspecified atom stereocenters. The van der Waals surface area contributed by atoms with E-state index in [0.717, 1.165) is 32.4 Å². The minimum absolute atomic E-state index is 0.0181. The van der Waals surface area contributed by atoms with E-state index in [1.54, 1.807) is 0 Å². The quantitative estimate of drug-likeness (QED) is 0.834. The van der Waals surface area contributed by atoms with Crippen LogP contribution in [-0.4, -0.2) is 30.1 Å². The van der Waals surface area contributed by atoms with Crippen molar-refractivity contribution < 1.29 is 0 Å². The van der Waals surface area contributed by atoms with Gasteiger partial charge >= 0.3 is 0 Å². The van der Waals surface area contributed by atoms with E-state index in [4.69, 9.17) is 6.42 Å². The van der Waals surface area contributed by atoms with Crippen LogP contribution in [0.3, 0.4) is 0 Å². The fraction of sp³-hybridized carbons (Fsp3) is 0.579. The maximum absolute atomic E-state index is 5.82. The third-order valence-corrected chi connectivity index (χ3v) is 4.73. The van der Waals surface area contributed by atoms with Crippen LogP contribution in [0.5, 0.6) is 0 Å². The lowest BCUT2D eigenvalue weighted by atomic mass is 9.86. The number of rotatable bonds is 5. The molecule has 1 fully saturated rings. The van der Waals surface area contributed by atoms with E-state index < -0.39 is 0 Å². The van der Waals surface area contributed by atoms with Gasteiger partial charge in [0, 0.05) is 19.1 Å². The summed E-state index contributed by atoms with van der Waals surface area (Å²) in [6.07, 6.45) is 9.18. The summed E-state index contributed by atoms with van der Waals surface area (Å²) in [6.45, 7) is 8.74. The van der Waals surface area contributed by atoms with Crippen molar-refractivity contribution in [3.8, 4) is 12.3 Å². The smallest absolute Gasteiger partial charge is 0.0715 e. The van der Waals surface area contributed by atoms with Crippen LogP contribution in [0.2, 0.25) is 0 Å². The molecule has 2 rings (SSSR count). The second kappa shape index (κ2) is 7.11. The van der Waals surface area contributed by atoms with E-state index in [1.807, 2.05) is 0 Å². The molecule has 1 aromatic rings. The molecule has 1 aliphatic rings. The molecule has 1 aliphatic heterocycles. The highest BCUT2D eigenvalue weighted by molar-refractivity contribution is 5.25. The lowest BCUT2D eigenvalue weighted by Gasteiger charge is -2.48. The van der Waals surface area contributed by atoms with Gasteiger partial charge in [0.1, 0.15) is 0 Å². The maximum atomic E-state index is 5.82. The minimum atomic E-state index is -0.0181. The van der Waals surface area contributed by atoms with Crippen LogP contribution in [0.1, 0.15) is 45.6 Å². The van der Waals surface area contributed by atoms with Crippen molar-refractivity contribution in [3.63, 3.8) is 0 Å². The van der Waals surface area contributed by atoms with Gasteiger partial charge in [-0.2, -0.15) is 0 Å². The van der Waals surface area contributed by atoms with Crippen LogP contribution in [0, 0.1) is 12.3 Å². The number of piperazine rings is 1. The second-order valence-electron chi connectivity index (χ2n) is 6.28. The Kier molecular flexibility index (Phi) is 5.45. The molecule has 2 nitrogen and oxygen atoms in total. The number of benzene rings is 1. The summed E-state index contributed by atoms with van der Waals surface area (Å²) in [7, 11) is 0. The van der Waals surface area contributed by atoms with Gasteiger partial charge in [-0.3, -0.25) is 4.90 Å². The van der Waals surface area contributed by atoms with Crippen molar-refractivity contribution in [1.29, 1.82) is 0 Å². The summed E-state index contributed by atoms with van der Waals surface area (Å²) in [5.41, 5.74) is 1.33. The fourth-order valence-corrected chi connectivity index (χ4v) is 3.37. The van der Waals surface area contributed by atoms with Gasteiger partial charge in [0.15, 0.2) is 0 Å². The van der Waals surface area contributed by atoms with Crippen LogP contribution in [0.25, 0.3) is 0 Å². The van der Waals surface area contributed by atoms with E-state index in [9.17, 15) is 0 Å². The molecule has 0 saturated carbocycles. The fourth-order valence-electron chi connectivity index (χ4n) is 3.37. The molecule has 1 N–H and O–H groups in total. The van der Waals surface area contributed by atoms with E-state index in [1.165, 1.54) is 5.56 Å². The Labute approximate surface area is 129 Å². The second-order valence-corrected chi connectivity index (χ2v) is 6.28. The Morgan fingerprint density at radius 3 is 2.67 bits per heavy atom. The van der Waals surface area contributed by atoms with Gasteiger partial charge in [-0.25, -0.2) is 0 Å². The number of hydrogen-bond donors (Lipinski definition) is 1. The standard InChI is InChI=1S/C19H28N2/c1-5-11-17(6-2)21-15-19(4,20-14-18(21)7-3)16-12-9-8-10-13-16/h2,8-10,12-13,17-18,20H,5,7,11,14-15H2,1,3-4H3. The maximum Gasteiger partial charge on any atom is 0.0715 e. The molecule has 21 heavy (non-hydrogen) atoms. The summed E-state index contributed by atoms with van der Waals surface area (Å²) < 4.78 is 0. The van der Waals surface area contributed by atoms with Crippen molar-refractivity contribution in [2.24, 2.45) is 0 Å². The highest BCUT2D eigenvalue weighted by Gasteiger charge is 2.38. The molecule has 0 aromatic heterocycles. The van der Waals surface area contributed by atoms with E-state index in [-0.39, 0.29) is 11.6 Å². The lowest BCUT2D eigenvalue weighted by molar-refractivity contribution is 0.0600. The first-order valence-corrected chi connectivity index (χ1v) is 8.17. The zero-order valence-corrected chi connectivity index (χ0v) is 13.6. The van der Waals surface area contributed by atoms with Crippen LogP contribution >= 0.6 is 0 Å². The molecule has 2 heteroatoms. The first-order chi connectivity index (χ1) is 10.1. The van der Waals surface area contributed by atoms with Gasteiger partial charge in [-0.15, -0.1) is 6.42 Å². The predicted molar refractivity (Wildman–Crippen MR) is 90.1 cm³/mol. The van der Waals surface area contributed by atoms with Crippen LogP contribution in [-0.2, 0) is 5.54 Å². The molecule has 3 atom stereocenters. The summed E-state index contributed by atoms with van der Waals surface area (Å²) in [5.74, 6) is 3.02. The predicted octanol–water partition coefficient (Wildman–Crippen LogP) is 3.39. The van der Waals surface area contributed by atoms with Gasteiger partial charge in [0.05, 0.1) is 11.6 Å². The summed E-state index contributed by atoms with van der Waals surface area (Å²) in [4.78, 5) is 2.55. The molecular weight excluding hydrogens is 256 g/mol. The normalized spacial score (nSPS) is 28.0. The molecule has 1 heterocycles. The minimum Gasteiger partial charge on any atom is -0.305 e. The molecule has 0 radical (unpaired) electrons. The Morgan fingerprint density at radius 2 is 2.10 bits per heavy atom. The molecule has 0 amide bonds. The van der Waals surface area contributed by atoms with Crippen molar-refractivity contribution in [1.82, 2.24) is 10.2 Å². The SMILES string of the molecule is C#CC(CCC)N1CC(C)(c2ccccc2)NCC1CC. The van der Waals surface area contributed by atoms with Crippen molar-refractivity contribution in [2.45, 2.75) is 57.7 Å². The van der Waals surface area contributed by atoms with Crippen molar-refractivity contribution in [3.05, 3.63) is 35.9 Å². The highest BCUT2D eigenvalue weighted by atomic mass is 15.3. The number of nitrogens with zero attached hydrogens (tertiary/aromatic N) is 1. The molecule has 1 aromatic carbocycles. The molecular formula is C19H28N2. The summed E-state index contributed by atoms with van der Waals surface area (Å²) in [6, 6.07) is 11.5. The Morgan fingerprint density at radius 1 is 1.38 bits per heavy atom. The van der Waals surface area contributed by atoms with Crippen LogP contribution < -0.4 is 5.32 Å². The molecule has 0 spiro atoms. The van der Waals surface area contributed by atoms with Crippen molar-refractivity contribution >= 4 is 0 Å². The first-order valence-electron chi connectivity index (χ1n) is 8.17. The zero-order valence-electron chi connectivity index (χ0n) is 13.6. The Hall–Kier alpha value is -1.30. The van der Waals surface area contributed by atoms with Gasteiger partial charge in [-0.05, 0) is 25.3 Å². The van der Waals surface area contributed by atoms with Crippen LogP contribution in [0.4, 0.5) is 0 Å². The van der Waals surface area contributed by atoms with Gasteiger partial charge < -0.3 is 5.32 Å². The number of terminal acetylenes is 1. The average Bonchev–Trinajstić information content (AvgIpc) is 2.53. The third kappa shape index (κ3) is 3.48. The largest absolute Gasteiger partial charge is 0.305 e. The zero-order chi connectivity index (χ0) is 15.3. The monoisotopic (exact) mass is 284 g/mol. The molecule has 0 bridgehead atoms. The third-order valence-electron chi connectivity index (χ3n) is 4.73. The van der Waals surface area contributed by atoms with E-state index in [0.29, 0.717) is 6.04 Å². The van der Waals surface area contributed by atoms with Gasteiger partial charge in [0.25, 0.3) is 0 Å². The average molecular weight is 284 g/mol. The Bertz CT molecular complexity index is 476. The molecule has 114 valence electrons. The summed E-state index contributed by atoms with van der Waals surface area (Å²) >= 11 is 0. The number of nitrogens with one attached hydrogen (secondary N) is 1. The summed E-state index contributed by atoms with van der Waals surface area (Å²) in [5, 5.41) is 3.75. The number of hydrogen-bond acceptors (Lipinski definition) is 2. The molecule has 1 saturated heterocycles. The van der Waals surface area contributed by atoms with Crippen molar-refractivity contribution in [2.75, 3.05) is 13.1 Å².